The molecule has 0 saturated carbocycles. The highest BCUT2D eigenvalue weighted by Crippen LogP contribution is 2.36. The molecule has 2 aromatic rings. The molecule has 11 nitrogen and oxygen atoms in total. The number of aliphatic hydroxyl groups excluding tert-OH is 2. The number of aliphatic hydroxyl groups is 2. The van der Waals surface area contributed by atoms with Crippen molar-refractivity contribution in [3.05, 3.63) is 71.8 Å². The lowest BCUT2D eigenvalue weighted by atomic mass is 9.95. The molecule has 0 saturated heterocycles. The van der Waals surface area contributed by atoms with Crippen LogP contribution in [0, 0.1) is 11.8 Å². The number of rotatable bonds is 39. The summed E-state index contributed by atoms with van der Waals surface area (Å²) in [5, 5.41) is 23.8. The van der Waals surface area contributed by atoms with Crippen molar-refractivity contribution in [1.29, 1.82) is 0 Å². The predicted molar refractivity (Wildman–Crippen MR) is 247 cm³/mol. The molecule has 0 radical (unpaired) electrons. The monoisotopic (exact) mass is 888 g/mol. The highest BCUT2D eigenvalue weighted by molar-refractivity contribution is 7.46. The van der Waals surface area contributed by atoms with E-state index in [0.717, 1.165) is 64.2 Å². The highest BCUT2D eigenvalue weighted by Gasteiger charge is 2.38. The van der Waals surface area contributed by atoms with Crippen LogP contribution in [0.2, 0.25) is 0 Å². The summed E-state index contributed by atoms with van der Waals surface area (Å²) in [5.74, 6) is 0.186. The third kappa shape index (κ3) is 28.7. The molecule has 2 rings (SSSR count). The van der Waals surface area contributed by atoms with Crippen LogP contribution in [-0.2, 0) is 41.1 Å². The van der Waals surface area contributed by atoms with Crippen molar-refractivity contribution in [3.63, 3.8) is 0 Å². The quantitative estimate of drug-likeness (QED) is 0.0188. The molecule has 62 heavy (non-hydrogen) atoms. The van der Waals surface area contributed by atoms with Gasteiger partial charge in [0.05, 0.1) is 6.61 Å². The zero-order valence-corrected chi connectivity index (χ0v) is 39.0. The number of aryl methyl sites for hydroxylation is 2. The Kier molecular flexibility index (Phi) is 30.7. The maximum atomic E-state index is 12.9. The van der Waals surface area contributed by atoms with Crippen molar-refractivity contribution in [1.82, 2.24) is 5.32 Å². The first-order valence-corrected chi connectivity index (χ1v) is 25.5. The highest BCUT2D eigenvalue weighted by atomic mass is 31.2. The third-order valence-corrected chi connectivity index (χ3v) is 12.4. The van der Waals surface area contributed by atoms with Crippen LogP contribution >= 0.6 is 7.82 Å². The van der Waals surface area contributed by atoms with Gasteiger partial charge >= 0.3 is 13.8 Å². The molecule has 0 aliphatic rings. The maximum absolute atomic E-state index is 12.9. The van der Waals surface area contributed by atoms with Crippen LogP contribution in [0.1, 0.15) is 179 Å². The first kappa shape index (κ1) is 55.2. The Balaban J connectivity index is 1.63. The van der Waals surface area contributed by atoms with Gasteiger partial charge in [0.25, 0.3) is 0 Å². The topological polar surface area (TPSA) is 180 Å². The normalized spacial score (nSPS) is 14.7. The minimum atomic E-state index is -4.98. The van der Waals surface area contributed by atoms with Gasteiger partial charge in [-0.15, -0.1) is 0 Å². The number of phosphoric acid groups is 1. The number of aldehydes is 1. The largest absolute Gasteiger partial charge is 0.469 e. The molecule has 0 aliphatic heterocycles. The molecule has 2 unspecified atom stereocenters. The summed E-state index contributed by atoms with van der Waals surface area (Å²) in [5.41, 5.74) is 2.82. The van der Waals surface area contributed by atoms with E-state index < -0.39 is 50.7 Å². The van der Waals surface area contributed by atoms with Crippen molar-refractivity contribution < 1.29 is 48.2 Å². The van der Waals surface area contributed by atoms with Gasteiger partial charge < -0.3 is 34.8 Å². The van der Waals surface area contributed by atoms with E-state index in [-0.39, 0.29) is 12.8 Å². The second kappa shape index (κ2) is 34.5. The number of carbonyl (C=O) groups is 3. The van der Waals surface area contributed by atoms with E-state index >= 15 is 0 Å². The van der Waals surface area contributed by atoms with Gasteiger partial charge in [0.15, 0.2) is 6.10 Å². The van der Waals surface area contributed by atoms with Gasteiger partial charge in [-0.25, -0.2) is 4.57 Å². The van der Waals surface area contributed by atoms with Gasteiger partial charge in [0, 0.05) is 12.8 Å². The van der Waals surface area contributed by atoms with Gasteiger partial charge in [0.2, 0.25) is 5.91 Å². The van der Waals surface area contributed by atoms with Gasteiger partial charge in [-0.3, -0.25) is 14.1 Å². The van der Waals surface area contributed by atoms with E-state index in [9.17, 15) is 29.2 Å². The molecule has 12 heteroatoms. The average Bonchev–Trinajstić information content (AvgIpc) is 3.25. The molecule has 1 amide bonds. The number of nitrogens with one attached hydrogen (secondary N) is 1. The Labute approximate surface area is 373 Å². The van der Waals surface area contributed by atoms with Crippen molar-refractivity contribution in [3.8, 4) is 0 Å². The first-order chi connectivity index (χ1) is 29.9. The van der Waals surface area contributed by atoms with E-state index in [1.807, 2.05) is 0 Å². The molecule has 0 spiro atoms. The zero-order valence-electron chi connectivity index (χ0n) is 38.1. The zero-order chi connectivity index (χ0) is 45.3. The summed E-state index contributed by atoms with van der Waals surface area (Å²) in [4.78, 5) is 56.0. The molecule has 0 fully saturated rings. The molecule has 2 aromatic carbocycles. The third-order valence-electron chi connectivity index (χ3n) is 11.9. The van der Waals surface area contributed by atoms with Crippen LogP contribution < -0.4 is 5.32 Å². The summed E-state index contributed by atoms with van der Waals surface area (Å²) in [6, 6.07) is 19.8. The summed E-state index contributed by atoms with van der Waals surface area (Å²) in [6.07, 6.45) is 21.2. The van der Waals surface area contributed by atoms with E-state index in [4.69, 9.17) is 14.5 Å². The molecule has 0 bridgehead atoms. The molecule has 0 aromatic heterocycles. The lowest BCUT2D eigenvalue weighted by Crippen LogP contribution is -2.55. The first-order valence-electron chi connectivity index (χ1n) is 24.0. The van der Waals surface area contributed by atoms with Crippen LogP contribution in [0.5, 0.6) is 0 Å². The summed E-state index contributed by atoms with van der Waals surface area (Å²) in [6.45, 7) is 3.65. The number of hydrogen-bond acceptors (Lipinski definition) is 8. The number of amides is 1. The van der Waals surface area contributed by atoms with E-state index in [1.54, 1.807) is 0 Å². The van der Waals surface area contributed by atoms with E-state index in [0.29, 0.717) is 31.0 Å². The van der Waals surface area contributed by atoms with Gasteiger partial charge in [-0.2, -0.15) is 0 Å². The average molecular weight is 888 g/mol. The lowest BCUT2D eigenvalue weighted by molar-refractivity contribution is -0.166. The lowest BCUT2D eigenvalue weighted by Gasteiger charge is -2.30. The minimum absolute atomic E-state index is 0.00641. The fraction of sp³-hybridized carbons (Fsp3) is 0.700. The summed E-state index contributed by atoms with van der Waals surface area (Å²) in [7, 11) is -4.98. The van der Waals surface area contributed by atoms with Crippen molar-refractivity contribution in [2.45, 2.75) is 205 Å². The second-order valence-corrected chi connectivity index (χ2v) is 19.0. The Morgan fingerprint density at radius 2 is 1.02 bits per heavy atom. The molecule has 5 N–H and O–H groups in total. The number of carbonyl (C=O) groups excluding carboxylic acids is 3. The fourth-order valence-corrected chi connectivity index (χ4v) is 8.39. The Morgan fingerprint density at radius 1 is 0.613 bits per heavy atom. The Bertz CT molecular complexity index is 1470. The van der Waals surface area contributed by atoms with Crippen LogP contribution in [0.3, 0.4) is 0 Å². The van der Waals surface area contributed by atoms with Crippen LogP contribution in [0.4, 0.5) is 0 Å². The summed E-state index contributed by atoms with van der Waals surface area (Å²) < 4.78 is 21.0. The van der Waals surface area contributed by atoms with E-state index in [1.165, 1.54) is 88.2 Å². The maximum Gasteiger partial charge on any atom is 0.469 e. The summed E-state index contributed by atoms with van der Waals surface area (Å²) >= 11 is 0. The van der Waals surface area contributed by atoms with Crippen LogP contribution in [0.25, 0.3) is 0 Å². The smallest absolute Gasteiger partial charge is 0.457 e. The van der Waals surface area contributed by atoms with Crippen molar-refractivity contribution in [2.24, 2.45) is 11.8 Å². The van der Waals surface area contributed by atoms with Crippen molar-refractivity contribution in [2.75, 3.05) is 6.61 Å². The molecule has 6 atom stereocenters. The molecule has 352 valence electrons. The number of phosphoric ester groups is 1. The molecular formula is C50H82NO10P. The molecule has 0 heterocycles. The number of esters is 1. The number of ether oxygens (including phenoxy) is 1. The predicted octanol–water partition coefficient (Wildman–Crippen LogP) is 10.5. The van der Waals surface area contributed by atoms with Crippen LogP contribution in [-0.4, -0.2) is 69.1 Å². The van der Waals surface area contributed by atoms with Crippen LogP contribution in [0.15, 0.2) is 60.7 Å². The molecule has 0 aliphatic carbocycles. The Hall–Kier alpha value is -2.92. The van der Waals surface area contributed by atoms with Crippen molar-refractivity contribution >= 4 is 26.0 Å². The SMILES string of the molecule is CC(CCCCCCCC(=O)N[C@@H](C=O)[C@@H](OC(=O)CCCCCCCC(C)CCCCCCc1ccccc1)[C@H](O)[C@H](O)COP(=O)(O)O)CCCCCCc1ccccc1. The molecular weight excluding hydrogens is 806 g/mol. The standard InChI is InChI=1S/C50H82NO10P/c1-41(29-17-9-11-19-31-43-33-21-13-22-34-43)27-15-5-3-7-25-37-47(54)51-45(39-52)50(49(56)46(53)40-60-62(57,58)59)61-48(55)38-26-8-4-6-16-28-42(2)30-18-10-12-20-32-44-35-23-14-24-36-44/h13-14,21-24,33-36,39,41-42,45-46,49-50,53,56H,3-12,15-20,25-32,37-38,40H2,1-2H3,(H,51,54)(H2,57,58,59)/t41?,42?,45-,46+,49+,50+/m0/s1. The number of hydrogen-bond donors (Lipinski definition) is 5. The second-order valence-electron chi connectivity index (χ2n) is 17.7. The van der Waals surface area contributed by atoms with Gasteiger partial charge in [-0.1, -0.05) is 190 Å². The van der Waals surface area contributed by atoms with Gasteiger partial charge in [-0.05, 0) is 61.5 Å². The fourth-order valence-electron chi connectivity index (χ4n) is 8.04. The minimum Gasteiger partial charge on any atom is -0.457 e. The Morgan fingerprint density at radius 3 is 1.45 bits per heavy atom. The van der Waals surface area contributed by atoms with E-state index in [2.05, 4.69) is 84.4 Å². The number of unbranched alkanes of at least 4 members (excludes halogenated alkanes) is 14. The number of benzene rings is 2. The van der Waals surface area contributed by atoms with Gasteiger partial charge in [0.1, 0.15) is 24.5 Å².